The van der Waals surface area contributed by atoms with E-state index >= 15 is 0 Å². The van der Waals surface area contributed by atoms with E-state index in [9.17, 15) is 14.4 Å². The maximum absolute atomic E-state index is 13.7. The summed E-state index contributed by atoms with van der Waals surface area (Å²) in [5.74, 6) is -2.90. The first-order chi connectivity index (χ1) is 15.3. The van der Waals surface area contributed by atoms with E-state index in [0.717, 1.165) is 0 Å². The van der Waals surface area contributed by atoms with Crippen molar-refractivity contribution in [2.24, 2.45) is 11.8 Å². The Bertz CT molecular complexity index is 978. The number of ketones is 1. The van der Waals surface area contributed by atoms with Crippen molar-refractivity contribution in [1.82, 2.24) is 5.32 Å². The molecule has 1 N–H and O–H groups in total. The van der Waals surface area contributed by atoms with Crippen molar-refractivity contribution in [1.29, 1.82) is 0 Å². The molecule has 0 aromatic heterocycles. The molecule has 0 radical (unpaired) electrons. The quantitative estimate of drug-likeness (QED) is 0.390. The smallest absolute Gasteiger partial charge is 0.336 e. The van der Waals surface area contributed by atoms with E-state index in [0.29, 0.717) is 40.3 Å². The molecule has 0 bridgehead atoms. The fourth-order valence-electron chi connectivity index (χ4n) is 4.46. The van der Waals surface area contributed by atoms with E-state index in [-0.39, 0.29) is 24.9 Å². The van der Waals surface area contributed by atoms with Gasteiger partial charge in [-0.15, -0.1) is 0 Å². The van der Waals surface area contributed by atoms with Crippen LogP contribution < -0.4 is 10.1 Å². The van der Waals surface area contributed by atoms with Crippen LogP contribution in [0.15, 0.2) is 46.8 Å². The van der Waals surface area contributed by atoms with Crippen molar-refractivity contribution in [3.8, 4) is 5.75 Å². The van der Waals surface area contributed by atoms with Gasteiger partial charge in [-0.05, 0) is 25.3 Å². The number of Topliss-reactive ketones (excluding diaryl/α,β-unsaturated/α-hetero) is 1. The zero-order chi connectivity index (χ0) is 23.4. The highest BCUT2D eigenvalue weighted by atomic mass is 16.6. The Hall–Kier alpha value is -3.13. The van der Waals surface area contributed by atoms with Gasteiger partial charge < -0.3 is 24.3 Å². The number of benzene rings is 1. The highest BCUT2D eigenvalue weighted by Crippen LogP contribution is 2.47. The van der Waals surface area contributed by atoms with Gasteiger partial charge in [0.2, 0.25) is 0 Å². The average Bonchev–Trinajstić information content (AvgIpc) is 2.77. The molecule has 0 amide bonds. The Morgan fingerprint density at radius 1 is 1.12 bits per heavy atom. The summed E-state index contributed by atoms with van der Waals surface area (Å²) in [7, 11) is 4.32. The Morgan fingerprint density at radius 3 is 2.50 bits per heavy atom. The lowest BCUT2D eigenvalue weighted by molar-refractivity contribution is -0.151. The van der Waals surface area contributed by atoms with E-state index < -0.39 is 23.8 Å². The number of allylic oxidation sites excluding steroid dienone is 3. The van der Waals surface area contributed by atoms with Crippen LogP contribution in [0, 0.1) is 11.8 Å². The van der Waals surface area contributed by atoms with Crippen LogP contribution in [-0.4, -0.2) is 52.3 Å². The molecule has 0 unspecified atom stereocenters. The average molecular weight is 443 g/mol. The summed E-state index contributed by atoms with van der Waals surface area (Å²) in [6.07, 6.45) is 0.468. The Balaban J connectivity index is 2.16. The maximum atomic E-state index is 13.7. The van der Waals surface area contributed by atoms with Crippen LogP contribution in [0.3, 0.4) is 0 Å². The SMILES string of the molecule is COCCOC(=O)C1=C(C)NC2=C(C(=O)[C@H](C(=O)OC)[C@@H](C)C2)[C@H]1c1ccccc1OC. The summed E-state index contributed by atoms with van der Waals surface area (Å²) in [5, 5.41) is 3.23. The predicted octanol–water partition coefficient (Wildman–Crippen LogP) is 2.50. The minimum absolute atomic E-state index is 0.0758. The van der Waals surface area contributed by atoms with Crippen molar-refractivity contribution in [2.45, 2.75) is 26.2 Å². The summed E-state index contributed by atoms with van der Waals surface area (Å²) in [6.45, 7) is 3.95. The Labute approximate surface area is 187 Å². The molecule has 1 aliphatic heterocycles. The summed E-state index contributed by atoms with van der Waals surface area (Å²) >= 11 is 0. The number of hydrogen-bond acceptors (Lipinski definition) is 8. The van der Waals surface area contributed by atoms with Gasteiger partial charge in [0.25, 0.3) is 0 Å². The van der Waals surface area contributed by atoms with Crippen molar-refractivity contribution < 1.29 is 33.3 Å². The fraction of sp³-hybridized carbons (Fsp3) is 0.458. The molecule has 1 aromatic rings. The van der Waals surface area contributed by atoms with E-state index in [2.05, 4.69) is 5.32 Å². The number of hydrogen-bond donors (Lipinski definition) is 1. The number of dihydropyridines is 1. The number of nitrogens with one attached hydrogen (secondary N) is 1. The molecule has 0 saturated heterocycles. The third-order valence-corrected chi connectivity index (χ3v) is 5.93. The number of methoxy groups -OCH3 is 3. The molecule has 1 aliphatic carbocycles. The van der Waals surface area contributed by atoms with Crippen LogP contribution in [0.5, 0.6) is 5.75 Å². The number of carbonyl (C=O) groups is 3. The first kappa shape index (κ1) is 23.5. The summed E-state index contributed by atoms with van der Waals surface area (Å²) in [4.78, 5) is 39.3. The Kier molecular flexibility index (Phi) is 7.35. The summed E-state index contributed by atoms with van der Waals surface area (Å²) in [5.41, 5.74) is 2.61. The lowest BCUT2D eigenvalue weighted by Crippen LogP contribution is -2.43. The molecular weight excluding hydrogens is 414 g/mol. The molecule has 32 heavy (non-hydrogen) atoms. The van der Waals surface area contributed by atoms with Gasteiger partial charge in [0.1, 0.15) is 18.3 Å². The number of ether oxygens (including phenoxy) is 4. The fourth-order valence-corrected chi connectivity index (χ4v) is 4.46. The second-order valence-electron chi connectivity index (χ2n) is 7.91. The molecular formula is C24H29NO7. The van der Waals surface area contributed by atoms with Crippen molar-refractivity contribution in [2.75, 3.05) is 34.5 Å². The van der Waals surface area contributed by atoms with Crippen LogP contribution in [0.1, 0.15) is 31.7 Å². The topological polar surface area (TPSA) is 100 Å². The number of esters is 2. The van der Waals surface area contributed by atoms with Gasteiger partial charge in [-0.1, -0.05) is 25.1 Å². The van der Waals surface area contributed by atoms with E-state index in [1.54, 1.807) is 13.0 Å². The van der Waals surface area contributed by atoms with Crippen molar-refractivity contribution in [3.63, 3.8) is 0 Å². The van der Waals surface area contributed by atoms with E-state index in [1.807, 2.05) is 25.1 Å². The van der Waals surface area contributed by atoms with E-state index in [1.165, 1.54) is 21.3 Å². The first-order valence-corrected chi connectivity index (χ1v) is 10.5. The third kappa shape index (κ3) is 4.27. The normalized spacial score (nSPS) is 22.8. The molecule has 2 aliphatic rings. The molecule has 3 atom stereocenters. The van der Waals surface area contributed by atoms with Gasteiger partial charge in [-0.25, -0.2) is 4.79 Å². The standard InChI is InChI=1S/C24H29NO7/c1-13-12-16-21(22(26)18(13)23(27)31-5)20(15-8-6-7-9-17(15)30-4)19(14(2)25-16)24(28)32-11-10-29-3/h6-9,13,18,20,25H,10-12H2,1-5H3/t13-,18+,20-/m0/s1. The summed E-state index contributed by atoms with van der Waals surface area (Å²) in [6, 6.07) is 7.22. The van der Waals surface area contributed by atoms with Gasteiger partial charge in [-0.2, -0.15) is 0 Å². The van der Waals surface area contributed by atoms with Crippen molar-refractivity contribution in [3.05, 3.63) is 52.4 Å². The number of carbonyl (C=O) groups excluding carboxylic acids is 3. The maximum Gasteiger partial charge on any atom is 0.336 e. The minimum atomic E-state index is -0.943. The van der Waals surface area contributed by atoms with Gasteiger partial charge >= 0.3 is 11.9 Å². The third-order valence-electron chi connectivity index (χ3n) is 5.93. The predicted molar refractivity (Wildman–Crippen MR) is 116 cm³/mol. The highest BCUT2D eigenvalue weighted by Gasteiger charge is 2.47. The zero-order valence-electron chi connectivity index (χ0n) is 19.0. The molecule has 0 spiro atoms. The van der Waals surface area contributed by atoms with Gasteiger partial charge in [0, 0.05) is 29.6 Å². The first-order valence-electron chi connectivity index (χ1n) is 10.5. The molecule has 1 aromatic carbocycles. The van der Waals surface area contributed by atoms with Crippen LogP contribution in [0.25, 0.3) is 0 Å². The van der Waals surface area contributed by atoms with Crippen molar-refractivity contribution >= 4 is 17.7 Å². The molecule has 8 heteroatoms. The summed E-state index contributed by atoms with van der Waals surface area (Å²) < 4.78 is 20.9. The van der Waals surface area contributed by atoms with Gasteiger partial charge in [0.05, 0.1) is 32.3 Å². The van der Waals surface area contributed by atoms with Crippen LogP contribution >= 0.6 is 0 Å². The molecule has 0 saturated carbocycles. The van der Waals surface area contributed by atoms with Crippen LogP contribution in [0.4, 0.5) is 0 Å². The Morgan fingerprint density at radius 2 is 1.84 bits per heavy atom. The molecule has 8 nitrogen and oxygen atoms in total. The molecule has 172 valence electrons. The minimum Gasteiger partial charge on any atom is -0.496 e. The molecule has 3 rings (SSSR count). The van der Waals surface area contributed by atoms with Gasteiger partial charge in [0.15, 0.2) is 5.78 Å². The monoisotopic (exact) mass is 443 g/mol. The second kappa shape index (κ2) is 9.99. The highest BCUT2D eigenvalue weighted by molar-refractivity contribution is 6.12. The van der Waals surface area contributed by atoms with Crippen LogP contribution in [-0.2, 0) is 28.6 Å². The molecule has 1 heterocycles. The van der Waals surface area contributed by atoms with Gasteiger partial charge in [-0.3, -0.25) is 9.59 Å². The lowest BCUT2D eigenvalue weighted by atomic mass is 9.69. The molecule has 0 fully saturated rings. The zero-order valence-corrected chi connectivity index (χ0v) is 19.0. The largest absolute Gasteiger partial charge is 0.496 e. The van der Waals surface area contributed by atoms with Crippen LogP contribution in [0.2, 0.25) is 0 Å². The van der Waals surface area contributed by atoms with E-state index in [4.69, 9.17) is 18.9 Å². The number of rotatable bonds is 7. The second-order valence-corrected chi connectivity index (χ2v) is 7.91. The number of para-hydroxylation sites is 1. The lowest BCUT2D eigenvalue weighted by Gasteiger charge is -2.38.